The Labute approximate surface area is 97.4 Å². The zero-order valence-corrected chi connectivity index (χ0v) is 9.99. The van der Waals surface area contributed by atoms with Crippen LogP contribution in [-0.4, -0.2) is 18.3 Å². The minimum atomic E-state index is -0.617. The SMILES string of the molecule is Cc1ccc(C(C#N)OCCO)cc1Br. The number of rotatable bonds is 4. The van der Waals surface area contributed by atoms with Crippen LogP contribution in [0.3, 0.4) is 0 Å². The first kappa shape index (κ1) is 12.2. The van der Waals surface area contributed by atoms with Crippen molar-refractivity contribution in [2.75, 3.05) is 13.2 Å². The van der Waals surface area contributed by atoms with Crippen molar-refractivity contribution in [3.8, 4) is 6.07 Å². The molecule has 0 fully saturated rings. The van der Waals surface area contributed by atoms with Gasteiger partial charge in [0.25, 0.3) is 0 Å². The van der Waals surface area contributed by atoms with Crippen LogP contribution in [0.2, 0.25) is 0 Å². The molecular formula is C11H12BrNO2. The van der Waals surface area contributed by atoms with E-state index < -0.39 is 6.10 Å². The van der Waals surface area contributed by atoms with Gasteiger partial charge in [0.1, 0.15) is 0 Å². The molecule has 1 atom stereocenters. The molecule has 1 aromatic carbocycles. The van der Waals surface area contributed by atoms with Crippen LogP contribution in [0.1, 0.15) is 17.2 Å². The van der Waals surface area contributed by atoms with E-state index in [-0.39, 0.29) is 13.2 Å². The van der Waals surface area contributed by atoms with Crippen LogP contribution in [0.4, 0.5) is 0 Å². The predicted molar refractivity (Wildman–Crippen MR) is 60.3 cm³/mol. The van der Waals surface area contributed by atoms with Crippen molar-refractivity contribution >= 4 is 15.9 Å². The molecule has 0 aromatic heterocycles. The number of aliphatic hydroxyl groups excluding tert-OH is 1. The molecule has 1 unspecified atom stereocenters. The van der Waals surface area contributed by atoms with Crippen molar-refractivity contribution in [1.82, 2.24) is 0 Å². The third-order valence-corrected chi connectivity index (χ3v) is 2.85. The van der Waals surface area contributed by atoms with E-state index >= 15 is 0 Å². The summed E-state index contributed by atoms with van der Waals surface area (Å²) in [7, 11) is 0. The average Bonchev–Trinajstić information content (AvgIpc) is 2.24. The molecule has 1 aromatic rings. The lowest BCUT2D eigenvalue weighted by Crippen LogP contribution is -2.06. The van der Waals surface area contributed by atoms with Crippen molar-refractivity contribution in [1.29, 1.82) is 5.26 Å². The van der Waals surface area contributed by atoms with Gasteiger partial charge in [-0.3, -0.25) is 0 Å². The summed E-state index contributed by atoms with van der Waals surface area (Å²) >= 11 is 3.40. The van der Waals surface area contributed by atoms with Gasteiger partial charge in [0.05, 0.1) is 19.3 Å². The van der Waals surface area contributed by atoms with E-state index in [4.69, 9.17) is 15.1 Å². The van der Waals surface area contributed by atoms with Crippen LogP contribution in [0.15, 0.2) is 22.7 Å². The molecule has 0 radical (unpaired) electrons. The fourth-order valence-corrected chi connectivity index (χ4v) is 1.55. The van der Waals surface area contributed by atoms with Crippen LogP contribution in [0.25, 0.3) is 0 Å². The fraction of sp³-hybridized carbons (Fsp3) is 0.364. The van der Waals surface area contributed by atoms with E-state index in [2.05, 4.69) is 15.9 Å². The second kappa shape index (κ2) is 5.86. The number of nitrogens with zero attached hydrogens (tertiary/aromatic N) is 1. The largest absolute Gasteiger partial charge is 0.394 e. The summed E-state index contributed by atoms with van der Waals surface area (Å²) in [6, 6.07) is 7.68. The molecule has 0 saturated heterocycles. The molecule has 0 aliphatic rings. The maximum atomic E-state index is 8.89. The highest BCUT2D eigenvalue weighted by Crippen LogP contribution is 2.23. The number of hydrogen-bond acceptors (Lipinski definition) is 3. The summed E-state index contributed by atoms with van der Waals surface area (Å²) < 4.78 is 6.14. The molecule has 4 heteroatoms. The van der Waals surface area contributed by atoms with Crippen molar-refractivity contribution < 1.29 is 9.84 Å². The molecular weight excluding hydrogens is 258 g/mol. The Hall–Kier alpha value is -0.890. The van der Waals surface area contributed by atoms with Gasteiger partial charge in [0.15, 0.2) is 6.10 Å². The minimum Gasteiger partial charge on any atom is -0.394 e. The number of aryl methyl sites for hydroxylation is 1. The van der Waals surface area contributed by atoms with Crippen LogP contribution >= 0.6 is 15.9 Å². The number of benzene rings is 1. The second-order valence-corrected chi connectivity index (χ2v) is 3.97. The Morgan fingerprint density at radius 3 is 2.87 bits per heavy atom. The molecule has 80 valence electrons. The van der Waals surface area contributed by atoms with Crippen LogP contribution in [0, 0.1) is 18.3 Å². The molecule has 0 amide bonds. The molecule has 0 heterocycles. The number of halogens is 1. The molecule has 0 aliphatic heterocycles. The first-order valence-corrected chi connectivity index (χ1v) is 5.36. The quantitative estimate of drug-likeness (QED) is 0.913. The molecule has 0 saturated carbocycles. The van der Waals surface area contributed by atoms with Crippen molar-refractivity contribution in [2.24, 2.45) is 0 Å². The molecule has 0 spiro atoms. The summed E-state index contributed by atoms with van der Waals surface area (Å²) in [5, 5.41) is 17.5. The zero-order valence-electron chi connectivity index (χ0n) is 8.40. The van der Waals surface area contributed by atoms with E-state index in [1.54, 1.807) is 0 Å². The lowest BCUT2D eigenvalue weighted by Gasteiger charge is -2.11. The lowest BCUT2D eigenvalue weighted by atomic mass is 10.1. The smallest absolute Gasteiger partial charge is 0.169 e. The van der Waals surface area contributed by atoms with E-state index in [1.165, 1.54) is 0 Å². The molecule has 3 nitrogen and oxygen atoms in total. The Kier molecular flexibility index (Phi) is 4.76. The van der Waals surface area contributed by atoms with Crippen molar-refractivity contribution in [3.63, 3.8) is 0 Å². The summed E-state index contributed by atoms with van der Waals surface area (Å²) in [5.41, 5.74) is 1.90. The highest BCUT2D eigenvalue weighted by molar-refractivity contribution is 9.10. The zero-order chi connectivity index (χ0) is 11.3. The highest BCUT2D eigenvalue weighted by Gasteiger charge is 2.11. The summed E-state index contributed by atoms with van der Waals surface area (Å²) in [5.74, 6) is 0. The van der Waals surface area contributed by atoms with Crippen LogP contribution in [-0.2, 0) is 4.74 Å². The van der Waals surface area contributed by atoms with E-state index in [0.29, 0.717) is 0 Å². The second-order valence-electron chi connectivity index (χ2n) is 3.11. The van der Waals surface area contributed by atoms with Crippen molar-refractivity contribution in [2.45, 2.75) is 13.0 Å². The maximum Gasteiger partial charge on any atom is 0.169 e. The summed E-state index contributed by atoms with van der Waals surface area (Å²) in [6.45, 7) is 2.07. The van der Waals surface area contributed by atoms with Gasteiger partial charge in [0, 0.05) is 4.47 Å². The molecule has 1 N–H and O–H groups in total. The van der Waals surface area contributed by atoms with Gasteiger partial charge in [-0.05, 0) is 24.1 Å². The first-order valence-electron chi connectivity index (χ1n) is 4.57. The third-order valence-electron chi connectivity index (χ3n) is 1.99. The first-order chi connectivity index (χ1) is 7.19. The number of hydrogen-bond donors (Lipinski definition) is 1. The Morgan fingerprint density at radius 1 is 1.60 bits per heavy atom. The Morgan fingerprint density at radius 2 is 2.33 bits per heavy atom. The van der Waals surface area contributed by atoms with E-state index in [0.717, 1.165) is 15.6 Å². The molecule has 0 aliphatic carbocycles. The van der Waals surface area contributed by atoms with Gasteiger partial charge in [-0.1, -0.05) is 28.1 Å². The highest BCUT2D eigenvalue weighted by atomic mass is 79.9. The van der Waals surface area contributed by atoms with Gasteiger partial charge in [-0.15, -0.1) is 0 Å². The maximum absolute atomic E-state index is 8.89. The summed E-state index contributed by atoms with van der Waals surface area (Å²) in [6.07, 6.45) is -0.617. The van der Waals surface area contributed by atoms with Crippen LogP contribution in [0.5, 0.6) is 0 Å². The predicted octanol–water partition coefficient (Wildman–Crippen LogP) is 2.33. The fourth-order valence-electron chi connectivity index (χ4n) is 1.15. The average molecular weight is 270 g/mol. The minimum absolute atomic E-state index is 0.0782. The number of aliphatic hydroxyl groups is 1. The van der Waals surface area contributed by atoms with Crippen molar-refractivity contribution in [3.05, 3.63) is 33.8 Å². The van der Waals surface area contributed by atoms with Gasteiger partial charge in [0.2, 0.25) is 0 Å². The topological polar surface area (TPSA) is 53.2 Å². The normalized spacial score (nSPS) is 12.1. The monoisotopic (exact) mass is 269 g/mol. The van der Waals surface area contributed by atoms with Gasteiger partial charge in [-0.2, -0.15) is 5.26 Å². The molecule has 0 bridgehead atoms. The van der Waals surface area contributed by atoms with E-state index in [9.17, 15) is 0 Å². The summed E-state index contributed by atoms with van der Waals surface area (Å²) in [4.78, 5) is 0. The van der Waals surface area contributed by atoms with E-state index in [1.807, 2.05) is 31.2 Å². The van der Waals surface area contributed by atoms with Crippen LogP contribution < -0.4 is 0 Å². The Bertz CT molecular complexity index is 373. The van der Waals surface area contributed by atoms with Gasteiger partial charge < -0.3 is 9.84 Å². The van der Waals surface area contributed by atoms with Gasteiger partial charge in [-0.25, -0.2) is 0 Å². The molecule has 15 heavy (non-hydrogen) atoms. The number of nitriles is 1. The number of ether oxygens (including phenoxy) is 1. The standard InChI is InChI=1S/C11H12BrNO2/c1-8-2-3-9(6-10(8)12)11(7-13)15-5-4-14/h2-3,6,11,14H,4-5H2,1H3. The Balaban J connectivity index is 2.84. The van der Waals surface area contributed by atoms with Gasteiger partial charge >= 0.3 is 0 Å². The third kappa shape index (κ3) is 3.31. The lowest BCUT2D eigenvalue weighted by molar-refractivity contribution is 0.0581. The molecule has 1 rings (SSSR count).